The minimum atomic E-state index is -0.241. The number of carbonyl (C=O) groups excluding carboxylic acids is 1. The van der Waals surface area contributed by atoms with Crippen LogP contribution in [-0.4, -0.2) is 28.1 Å². The van der Waals surface area contributed by atoms with Crippen LogP contribution < -0.4 is 5.32 Å². The molecule has 19 heavy (non-hydrogen) atoms. The van der Waals surface area contributed by atoms with Crippen LogP contribution in [0.1, 0.15) is 18.5 Å². The average molecular weight is 294 g/mol. The zero-order valence-corrected chi connectivity index (χ0v) is 11.8. The van der Waals surface area contributed by atoms with Crippen LogP contribution in [0.15, 0.2) is 22.9 Å². The van der Waals surface area contributed by atoms with E-state index >= 15 is 0 Å². The van der Waals surface area contributed by atoms with Crippen LogP contribution in [0.5, 0.6) is 0 Å². The fourth-order valence-electron chi connectivity index (χ4n) is 2.05. The van der Waals surface area contributed by atoms with E-state index in [1.807, 2.05) is 22.9 Å². The number of aromatic nitrogens is 1. The maximum Gasteiger partial charge on any atom is 0.226 e. The van der Waals surface area contributed by atoms with Crippen molar-refractivity contribution in [1.82, 2.24) is 10.3 Å². The van der Waals surface area contributed by atoms with Crippen LogP contribution in [-0.2, 0) is 11.2 Å². The van der Waals surface area contributed by atoms with E-state index in [1.165, 1.54) is 0 Å². The van der Waals surface area contributed by atoms with Crippen LogP contribution in [0.4, 0.5) is 0 Å². The van der Waals surface area contributed by atoms with Crippen LogP contribution in [0.25, 0.3) is 9.88 Å². The summed E-state index contributed by atoms with van der Waals surface area (Å²) in [5.74, 6) is -0.0140. The van der Waals surface area contributed by atoms with Crippen LogP contribution >= 0.6 is 22.7 Å². The van der Waals surface area contributed by atoms with Gasteiger partial charge in [-0.05, 0) is 24.3 Å². The molecule has 2 heterocycles. The van der Waals surface area contributed by atoms with Gasteiger partial charge < -0.3 is 10.4 Å². The second-order valence-electron chi connectivity index (χ2n) is 4.69. The van der Waals surface area contributed by atoms with Gasteiger partial charge in [0, 0.05) is 11.4 Å². The number of rotatable bonds is 4. The largest absolute Gasteiger partial charge is 0.393 e. The molecule has 0 bridgehead atoms. The zero-order chi connectivity index (χ0) is 13.2. The monoisotopic (exact) mass is 294 g/mol. The van der Waals surface area contributed by atoms with Gasteiger partial charge in [0.2, 0.25) is 5.91 Å². The molecular weight excluding hydrogens is 280 g/mol. The van der Waals surface area contributed by atoms with Gasteiger partial charge in [0.1, 0.15) is 5.01 Å². The number of amides is 1. The molecule has 0 unspecified atom stereocenters. The van der Waals surface area contributed by atoms with E-state index in [4.69, 9.17) is 5.11 Å². The Bertz CT molecular complexity index is 559. The van der Waals surface area contributed by atoms with E-state index in [1.54, 1.807) is 22.7 Å². The van der Waals surface area contributed by atoms with Gasteiger partial charge in [-0.15, -0.1) is 22.7 Å². The second kappa shape index (κ2) is 5.40. The topological polar surface area (TPSA) is 62.2 Å². The van der Waals surface area contributed by atoms with Crippen molar-refractivity contribution in [3.8, 4) is 9.88 Å². The molecule has 0 spiro atoms. The van der Waals surface area contributed by atoms with Crippen LogP contribution in [0.2, 0.25) is 0 Å². The zero-order valence-electron chi connectivity index (χ0n) is 10.2. The number of carbonyl (C=O) groups is 1. The molecule has 2 aromatic rings. The lowest BCUT2D eigenvalue weighted by atomic mass is 9.89. The first-order valence-electron chi connectivity index (χ1n) is 6.16. The Morgan fingerprint density at radius 2 is 2.32 bits per heavy atom. The molecular formula is C13H14N2O2S2. The Morgan fingerprint density at radius 3 is 3.00 bits per heavy atom. The Hall–Kier alpha value is -1.24. The third-order valence-electron chi connectivity index (χ3n) is 3.10. The summed E-state index contributed by atoms with van der Waals surface area (Å²) in [5.41, 5.74) is 0.811. The highest BCUT2D eigenvalue weighted by Crippen LogP contribution is 2.28. The van der Waals surface area contributed by atoms with Crippen molar-refractivity contribution < 1.29 is 9.90 Å². The van der Waals surface area contributed by atoms with Crippen LogP contribution in [0, 0.1) is 0 Å². The SMILES string of the molecule is O=C(Cc1csc(-c2cccs2)n1)NC1CC(O)C1. The lowest BCUT2D eigenvalue weighted by Gasteiger charge is -2.31. The summed E-state index contributed by atoms with van der Waals surface area (Å²) < 4.78 is 0. The minimum Gasteiger partial charge on any atom is -0.393 e. The number of nitrogens with zero attached hydrogens (tertiary/aromatic N) is 1. The first kappa shape index (κ1) is 12.8. The van der Waals surface area contributed by atoms with Crippen LogP contribution in [0.3, 0.4) is 0 Å². The molecule has 0 aliphatic heterocycles. The smallest absolute Gasteiger partial charge is 0.226 e. The molecule has 6 heteroatoms. The Morgan fingerprint density at radius 1 is 1.47 bits per heavy atom. The Labute approximate surface area is 119 Å². The quantitative estimate of drug-likeness (QED) is 0.907. The lowest BCUT2D eigenvalue weighted by Crippen LogP contribution is -2.47. The molecule has 0 saturated heterocycles. The molecule has 2 N–H and O–H groups in total. The van der Waals surface area contributed by atoms with Crippen molar-refractivity contribution in [2.24, 2.45) is 0 Å². The first-order chi connectivity index (χ1) is 9.20. The van der Waals surface area contributed by atoms with E-state index in [2.05, 4.69) is 10.3 Å². The number of aliphatic hydroxyl groups excluding tert-OH is 1. The second-order valence-corrected chi connectivity index (χ2v) is 6.49. The third kappa shape index (κ3) is 3.02. The van der Waals surface area contributed by atoms with Gasteiger partial charge in [-0.1, -0.05) is 6.07 Å². The first-order valence-corrected chi connectivity index (χ1v) is 7.92. The molecule has 3 rings (SSSR count). The maximum absolute atomic E-state index is 11.8. The standard InChI is InChI=1S/C13H14N2O2S2/c16-10-4-8(5-10)14-12(17)6-9-7-19-13(15-9)11-2-1-3-18-11/h1-3,7-8,10,16H,4-6H2,(H,14,17). The molecule has 1 aliphatic rings. The molecule has 1 amide bonds. The number of thiazole rings is 1. The highest BCUT2D eigenvalue weighted by atomic mass is 32.1. The average Bonchev–Trinajstić information content (AvgIpc) is 2.96. The number of hydrogen-bond donors (Lipinski definition) is 2. The summed E-state index contributed by atoms with van der Waals surface area (Å²) in [6.07, 6.45) is 1.41. The summed E-state index contributed by atoms with van der Waals surface area (Å²) in [6.45, 7) is 0. The van der Waals surface area contributed by atoms with E-state index in [0.29, 0.717) is 19.3 Å². The summed E-state index contributed by atoms with van der Waals surface area (Å²) in [7, 11) is 0. The van der Waals surface area contributed by atoms with Gasteiger partial charge >= 0.3 is 0 Å². The molecule has 2 aromatic heterocycles. The highest BCUT2D eigenvalue weighted by Gasteiger charge is 2.28. The fraction of sp³-hybridized carbons (Fsp3) is 0.385. The number of thiophene rings is 1. The summed E-state index contributed by atoms with van der Waals surface area (Å²) in [5, 5.41) is 17.0. The Kier molecular flexibility index (Phi) is 3.63. The minimum absolute atomic E-state index is 0.0140. The molecule has 1 aliphatic carbocycles. The number of aliphatic hydroxyl groups is 1. The summed E-state index contributed by atoms with van der Waals surface area (Å²) >= 11 is 3.22. The van der Waals surface area contributed by atoms with Gasteiger partial charge in [-0.3, -0.25) is 4.79 Å². The molecule has 1 saturated carbocycles. The summed E-state index contributed by atoms with van der Waals surface area (Å²) in [6, 6.07) is 4.16. The lowest BCUT2D eigenvalue weighted by molar-refractivity contribution is -0.122. The van der Waals surface area contributed by atoms with Crippen molar-refractivity contribution in [2.75, 3.05) is 0 Å². The number of hydrogen-bond acceptors (Lipinski definition) is 5. The fourth-order valence-corrected chi connectivity index (χ4v) is 3.68. The van der Waals surface area contributed by atoms with Crippen molar-refractivity contribution >= 4 is 28.6 Å². The molecule has 1 fully saturated rings. The molecule has 100 valence electrons. The molecule has 0 radical (unpaired) electrons. The van der Waals surface area contributed by atoms with Gasteiger partial charge in [-0.2, -0.15) is 0 Å². The maximum atomic E-state index is 11.8. The third-order valence-corrected chi connectivity index (χ3v) is 5.03. The van der Waals surface area contributed by atoms with Gasteiger partial charge in [-0.25, -0.2) is 4.98 Å². The van der Waals surface area contributed by atoms with E-state index in [9.17, 15) is 4.79 Å². The van der Waals surface area contributed by atoms with E-state index in [-0.39, 0.29) is 18.1 Å². The van der Waals surface area contributed by atoms with Crippen molar-refractivity contribution in [1.29, 1.82) is 0 Å². The predicted molar refractivity (Wildman–Crippen MR) is 76.3 cm³/mol. The normalized spacial score (nSPS) is 21.9. The van der Waals surface area contributed by atoms with Gasteiger partial charge in [0.25, 0.3) is 0 Å². The number of nitrogens with one attached hydrogen (secondary N) is 1. The van der Waals surface area contributed by atoms with Crippen molar-refractivity contribution in [3.05, 3.63) is 28.6 Å². The highest BCUT2D eigenvalue weighted by molar-refractivity contribution is 7.20. The van der Waals surface area contributed by atoms with Crippen molar-refractivity contribution in [3.63, 3.8) is 0 Å². The molecule has 4 nitrogen and oxygen atoms in total. The van der Waals surface area contributed by atoms with Gasteiger partial charge in [0.15, 0.2) is 0 Å². The van der Waals surface area contributed by atoms with Crippen molar-refractivity contribution in [2.45, 2.75) is 31.4 Å². The van der Waals surface area contributed by atoms with E-state index in [0.717, 1.165) is 15.6 Å². The van der Waals surface area contributed by atoms with Gasteiger partial charge in [0.05, 0.1) is 23.1 Å². The summed E-state index contributed by atoms with van der Waals surface area (Å²) in [4.78, 5) is 17.4. The van der Waals surface area contributed by atoms with E-state index < -0.39 is 0 Å². The molecule has 0 aromatic carbocycles. The molecule has 0 atom stereocenters. The Balaban J connectivity index is 1.56. The predicted octanol–water partition coefficient (Wildman–Crippen LogP) is 2.05.